The van der Waals surface area contributed by atoms with E-state index >= 15 is 0 Å². The Morgan fingerprint density at radius 2 is 1.38 bits per heavy atom. The third-order valence-corrected chi connectivity index (χ3v) is 3.26. The number of benzene rings is 2. The van der Waals surface area contributed by atoms with Crippen molar-refractivity contribution in [3.63, 3.8) is 0 Å². The molecule has 2 aromatic rings. The number of aliphatic hydroxyl groups is 2. The van der Waals surface area contributed by atoms with Crippen molar-refractivity contribution in [2.75, 3.05) is 10.6 Å². The molecule has 0 radical (unpaired) electrons. The van der Waals surface area contributed by atoms with Gasteiger partial charge in [-0.15, -0.1) is 0 Å². The van der Waals surface area contributed by atoms with Crippen molar-refractivity contribution < 1.29 is 24.5 Å². The molecule has 0 bridgehead atoms. The van der Waals surface area contributed by atoms with Crippen LogP contribution in [-0.2, 0) is 4.74 Å². The first-order valence-electron chi connectivity index (χ1n) is 8.01. The third-order valence-electron chi connectivity index (χ3n) is 3.26. The average molecular weight is 358 g/mol. The summed E-state index contributed by atoms with van der Waals surface area (Å²) < 4.78 is 5.16. The Kier molecular flexibility index (Phi) is 5.97. The molecule has 0 aliphatic rings. The Morgan fingerprint density at radius 1 is 0.885 bits per heavy atom. The van der Waals surface area contributed by atoms with Crippen molar-refractivity contribution in [1.29, 1.82) is 0 Å². The molecule has 7 nitrogen and oxygen atoms in total. The van der Waals surface area contributed by atoms with Crippen LogP contribution >= 0.6 is 0 Å². The number of aliphatic hydroxyl groups excluding tert-OH is 1. The first kappa shape index (κ1) is 19.4. The number of ether oxygens (including phenoxy) is 1. The fraction of sp³-hybridized carbons (Fsp3) is 0.263. The van der Waals surface area contributed by atoms with Crippen LogP contribution in [0.15, 0.2) is 48.5 Å². The molecular formula is C19H22N2O5. The van der Waals surface area contributed by atoms with Crippen LogP contribution in [0.5, 0.6) is 0 Å². The van der Waals surface area contributed by atoms with E-state index in [0.29, 0.717) is 22.5 Å². The van der Waals surface area contributed by atoms with Crippen LogP contribution in [0.25, 0.3) is 0 Å². The first-order chi connectivity index (χ1) is 12.1. The van der Waals surface area contributed by atoms with Crippen LogP contribution in [0.4, 0.5) is 16.2 Å². The number of amides is 2. The van der Waals surface area contributed by atoms with Gasteiger partial charge in [-0.1, -0.05) is 12.1 Å². The summed E-state index contributed by atoms with van der Waals surface area (Å²) in [6.07, 6.45) is -2.12. The summed E-state index contributed by atoms with van der Waals surface area (Å²) in [6.45, 7) is 5.31. The Hall–Kier alpha value is -2.90. The van der Waals surface area contributed by atoms with E-state index in [-0.39, 0.29) is 5.91 Å². The van der Waals surface area contributed by atoms with Crippen LogP contribution in [0.2, 0.25) is 0 Å². The van der Waals surface area contributed by atoms with Gasteiger partial charge in [0.05, 0.1) is 0 Å². The standard InChI is InChI=1S/C19H22N2O5/c1-19(2,3)26-18(25)21-15-8-4-12(5-9-15)16(22)20-14-10-6-13(7-11-14)17(23)24/h4-11,17,23-24H,1-3H3,(H,20,22)(H,21,25). The zero-order valence-electron chi connectivity index (χ0n) is 14.8. The molecule has 2 amide bonds. The van der Waals surface area contributed by atoms with Crippen LogP contribution < -0.4 is 10.6 Å². The lowest BCUT2D eigenvalue weighted by molar-refractivity contribution is -0.0424. The highest BCUT2D eigenvalue weighted by Gasteiger charge is 2.16. The maximum atomic E-state index is 12.2. The van der Waals surface area contributed by atoms with Crippen LogP contribution in [0, 0.1) is 0 Å². The number of rotatable bonds is 4. The van der Waals surface area contributed by atoms with Crippen LogP contribution in [0.1, 0.15) is 43.0 Å². The molecule has 0 aliphatic heterocycles. The molecule has 0 aromatic heterocycles. The predicted molar refractivity (Wildman–Crippen MR) is 97.9 cm³/mol. The maximum Gasteiger partial charge on any atom is 0.412 e. The van der Waals surface area contributed by atoms with Crippen molar-refractivity contribution >= 4 is 23.4 Å². The second kappa shape index (κ2) is 7.99. The van der Waals surface area contributed by atoms with Gasteiger partial charge >= 0.3 is 6.09 Å². The topological polar surface area (TPSA) is 108 Å². The molecule has 0 saturated carbocycles. The van der Waals surface area contributed by atoms with E-state index in [1.54, 1.807) is 57.2 Å². The molecule has 2 aromatic carbocycles. The Morgan fingerprint density at radius 3 is 1.88 bits per heavy atom. The molecule has 0 spiro atoms. The van der Waals surface area contributed by atoms with Crippen molar-refractivity contribution in [2.45, 2.75) is 32.7 Å². The van der Waals surface area contributed by atoms with Gasteiger partial charge in [-0.05, 0) is 57.2 Å². The highest BCUT2D eigenvalue weighted by Crippen LogP contribution is 2.17. The molecule has 26 heavy (non-hydrogen) atoms. The Balaban J connectivity index is 1.96. The predicted octanol–water partition coefficient (Wildman–Crippen LogP) is 3.27. The SMILES string of the molecule is CC(C)(C)OC(=O)Nc1ccc(C(=O)Nc2ccc(C(O)O)cc2)cc1. The lowest BCUT2D eigenvalue weighted by Gasteiger charge is -2.19. The molecule has 4 N–H and O–H groups in total. The summed E-state index contributed by atoms with van der Waals surface area (Å²) in [5.74, 6) is -0.328. The maximum absolute atomic E-state index is 12.2. The second-order valence-electron chi connectivity index (χ2n) is 6.65. The number of anilines is 2. The summed E-state index contributed by atoms with van der Waals surface area (Å²) in [5, 5.41) is 23.4. The first-order valence-corrected chi connectivity index (χ1v) is 8.01. The lowest BCUT2D eigenvalue weighted by atomic mass is 10.1. The van der Waals surface area contributed by atoms with Gasteiger partial charge in [-0.25, -0.2) is 4.79 Å². The van der Waals surface area contributed by atoms with Gasteiger partial charge in [0.15, 0.2) is 6.29 Å². The molecule has 138 valence electrons. The van der Waals surface area contributed by atoms with E-state index in [0.717, 1.165) is 0 Å². The van der Waals surface area contributed by atoms with E-state index in [1.807, 2.05) is 0 Å². The minimum Gasteiger partial charge on any atom is -0.444 e. The molecule has 0 atom stereocenters. The fourth-order valence-corrected chi connectivity index (χ4v) is 2.07. The quantitative estimate of drug-likeness (QED) is 0.628. The summed E-state index contributed by atoms with van der Waals surface area (Å²) in [7, 11) is 0. The highest BCUT2D eigenvalue weighted by molar-refractivity contribution is 6.04. The highest BCUT2D eigenvalue weighted by atomic mass is 16.6. The molecule has 0 saturated heterocycles. The van der Waals surface area contributed by atoms with Gasteiger partial charge in [-0.3, -0.25) is 10.1 Å². The number of hydrogen-bond acceptors (Lipinski definition) is 5. The Bertz CT molecular complexity index is 762. The summed E-state index contributed by atoms with van der Waals surface area (Å²) in [4.78, 5) is 23.9. The van der Waals surface area contributed by atoms with E-state index in [9.17, 15) is 9.59 Å². The minimum atomic E-state index is -1.55. The zero-order valence-corrected chi connectivity index (χ0v) is 14.8. The third kappa shape index (κ3) is 5.87. The van der Waals surface area contributed by atoms with Crippen LogP contribution in [0.3, 0.4) is 0 Å². The van der Waals surface area contributed by atoms with E-state index in [2.05, 4.69) is 10.6 Å². The molecule has 7 heteroatoms. The summed E-state index contributed by atoms with van der Waals surface area (Å²) in [6, 6.07) is 12.5. The molecule has 0 unspecified atom stereocenters. The van der Waals surface area contributed by atoms with Gasteiger partial charge in [0, 0.05) is 22.5 Å². The minimum absolute atomic E-state index is 0.328. The number of carbonyl (C=O) groups is 2. The smallest absolute Gasteiger partial charge is 0.412 e. The normalized spacial score (nSPS) is 11.2. The molecule has 0 heterocycles. The fourth-order valence-electron chi connectivity index (χ4n) is 2.07. The number of carbonyl (C=O) groups excluding carboxylic acids is 2. The number of hydrogen-bond donors (Lipinski definition) is 4. The largest absolute Gasteiger partial charge is 0.444 e. The molecule has 0 aliphatic carbocycles. The van der Waals surface area contributed by atoms with Crippen molar-refractivity contribution in [1.82, 2.24) is 0 Å². The van der Waals surface area contributed by atoms with Gasteiger partial charge in [0.2, 0.25) is 0 Å². The van der Waals surface area contributed by atoms with E-state index in [4.69, 9.17) is 14.9 Å². The average Bonchev–Trinajstić information content (AvgIpc) is 2.54. The van der Waals surface area contributed by atoms with Crippen molar-refractivity contribution in [3.05, 3.63) is 59.7 Å². The van der Waals surface area contributed by atoms with Gasteiger partial charge in [0.1, 0.15) is 5.60 Å². The Labute approximate surface area is 151 Å². The van der Waals surface area contributed by atoms with Crippen LogP contribution in [-0.4, -0.2) is 27.8 Å². The monoisotopic (exact) mass is 358 g/mol. The second-order valence-corrected chi connectivity index (χ2v) is 6.65. The van der Waals surface area contributed by atoms with Gasteiger partial charge in [0.25, 0.3) is 5.91 Å². The molecular weight excluding hydrogens is 336 g/mol. The van der Waals surface area contributed by atoms with E-state index in [1.165, 1.54) is 12.1 Å². The van der Waals surface area contributed by atoms with E-state index < -0.39 is 18.0 Å². The lowest BCUT2D eigenvalue weighted by Crippen LogP contribution is -2.27. The van der Waals surface area contributed by atoms with Crippen molar-refractivity contribution in [3.8, 4) is 0 Å². The number of nitrogens with one attached hydrogen (secondary N) is 2. The summed E-state index contributed by atoms with van der Waals surface area (Å²) >= 11 is 0. The molecule has 2 rings (SSSR count). The molecule has 0 fully saturated rings. The summed E-state index contributed by atoms with van der Waals surface area (Å²) in [5.41, 5.74) is 1.19. The zero-order chi connectivity index (χ0) is 19.3. The van der Waals surface area contributed by atoms with Crippen molar-refractivity contribution in [2.24, 2.45) is 0 Å². The van der Waals surface area contributed by atoms with Gasteiger partial charge < -0.3 is 20.3 Å². The van der Waals surface area contributed by atoms with Gasteiger partial charge in [-0.2, -0.15) is 0 Å².